The Morgan fingerprint density at radius 2 is 1.89 bits per heavy atom. The minimum absolute atomic E-state index is 0.0834. The zero-order chi connectivity index (χ0) is 20.5. The molecule has 0 unspecified atom stereocenters. The third-order valence-electron chi connectivity index (χ3n) is 5.38. The zero-order valence-corrected chi connectivity index (χ0v) is 17.7. The Labute approximate surface area is 167 Å². The van der Waals surface area contributed by atoms with Crippen LogP contribution in [0.15, 0.2) is 42.5 Å². The molecule has 2 aromatic rings. The molecule has 28 heavy (non-hydrogen) atoms. The van der Waals surface area contributed by atoms with Crippen LogP contribution in [0.2, 0.25) is 0 Å². The van der Waals surface area contributed by atoms with Crippen LogP contribution in [0.3, 0.4) is 0 Å². The maximum Gasteiger partial charge on any atom is 0.244 e. The van der Waals surface area contributed by atoms with Crippen molar-refractivity contribution in [2.75, 3.05) is 10.6 Å². The second-order valence-electron chi connectivity index (χ2n) is 7.68. The molecule has 0 radical (unpaired) electrons. The lowest BCUT2D eigenvalue weighted by atomic mass is 9.87. The van der Waals surface area contributed by atoms with Crippen molar-refractivity contribution in [3.05, 3.63) is 64.7 Å². The summed E-state index contributed by atoms with van der Waals surface area (Å²) in [6.07, 6.45) is 4.02. The van der Waals surface area contributed by atoms with Gasteiger partial charge in [0.05, 0.1) is 18.0 Å². The van der Waals surface area contributed by atoms with Gasteiger partial charge < -0.3 is 5.32 Å². The SMILES string of the molecule is Cc1ccc(C)c(N([C@H](C)C(=O)N[C@H]2CCCc3ccccc32)S(C)(=O)=O)c1. The van der Waals surface area contributed by atoms with E-state index in [0.29, 0.717) is 5.69 Å². The molecular weight excluding hydrogens is 372 g/mol. The number of amides is 1. The number of rotatable bonds is 5. The molecule has 3 rings (SSSR count). The van der Waals surface area contributed by atoms with Crippen LogP contribution in [0, 0.1) is 13.8 Å². The Bertz CT molecular complexity index is 985. The summed E-state index contributed by atoms with van der Waals surface area (Å²) in [4.78, 5) is 13.1. The van der Waals surface area contributed by atoms with Gasteiger partial charge in [0, 0.05) is 0 Å². The van der Waals surface area contributed by atoms with E-state index in [-0.39, 0.29) is 11.9 Å². The predicted molar refractivity (Wildman–Crippen MR) is 113 cm³/mol. The molecule has 0 saturated carbocycles. The molecule has 0 aliphatic heterocycles. The van der Waals surface area contributed by atoms with Crippen LogP contribution < -0.4 is 9.62 Å². The summed E-state index contributed by atoms with van der Waals surface area (Å²) >= 11 is 0. The average molecular weight is 401 g/mol. The van der Waals surface area contributed by atoms with Gasteiger partial charge in [-0.25, -0.2) is 8.42 Å². The first-order valence-corrected chi connectivity index (χ1v) is 11.5. The maximum absolute atomic E-state index is 13.1. The number of aryl methyl sites for hydroxylation is 3. The zero-order valence-electron chi connectivity index (χ0n) is 16.9. The number of fused-ring (bicyclic) bond motifs is 1. The third-order valence-corrected chi connectivity index (χ3v) is 6.60. The molecule has 1 aliphatic rings. The summed E-state index contributed by atoms with van der Waals surface area (Å²) in [6, 6.07) is 12.8. The molecule has 0 saturated heterocycles. The third kappa shape index (κ3) is 4.22. The van der Waals surface area contributed by atoms with Gasteiger partial charge in [-0.05, 0) is 68.4 Å². The van der Waals surface area contributed by atoms with E-state index >= 15 is 0 Å². The van der Waals surface area contributed by atoms with Crippen molar-refractivity contribution in [2.45, 2.75) is 52.1 Å². The molecule has 0 spiro atoms. The van der Waals surface area contributed by atoms with Crippen LogP contribution in [-0.2, 0) is 21.2 Å². The number of nitrogens with one attached hydrogen (secondary N) is 1. The second-order valence-corrected chi connectivity index (χ2v) is 9.54. The molecule has 2 atom stereocenters. The molecule has 1 amide bonds. The van der Waals surface area contributed by atoms with Crippen LogP contribution in [0.1, 0.15) is 48.1 Å². The number of nitrogens with zero attached hydrogens (tertiary/aromatic N) is 1. The number of carbonyl (C=O) groups is 1. The van der Waals surface area contributed by atoms with Gasteiger partial charge in [0.15, 0.2) is 0 Å². The molecule has 0 aromatic heterocycles. The number of hydrogen-bond donors (Lipinski definition) is 1. The average Bonchev–Trinajstić information content (AvgIpc) is 2.64. The van der Waals surface area contributed by atoms with Gasteiger partial charge in [-0.15, -0.1) is 0 Å². The van der Waals surface area contributed by atoms with E-state index < -0.39 is 16.1 Å². The van der Waals surface area contributed by atoms with E-state index in [1.54, 1.807) is 6.92 Å². The summed E-state index contributed by atoms with van der Waals surface area (Å²) < 4.78 is 26.4. The maximum atomic E-state index is 13.1. The van der Waals surface area contributed by atoms with Gasteiger partial charge in [-0.2, -0.15) is 0 Å². The number of hydrogen-bond acceptors (Lipinski definition) is 3. The Hall–Kier alpha value is -2.34. The van der Waals surface area contributed by atoms with Crippen molar-refractivity contribution in [1.29, 1.82) is 0 Å². The number of benzene rings is 2. The summed E-state index contributed by atoms with van der Waals surface area (Å²) in [5, 5.41) is 3.09. The fourth-order valence-corrected chi connectivity index (χ4v) is 5.16. The molecule has 1 aliphatic carbocycles. The van der Waals surface area contributed by atoms with E-state index in [9.17, 15) is 13.2 Å². The van der Waals surface area contributed by atoms with Crippen molar-refractivity contribution in [1.82, 2.24) is 5.32 Å². The molecule has 0 bridgehead atoms. The van der Waals surface area contributed by atoms with E-state index in [1.807, 2.05) is 50.2 Å². The Balaban J connectivity index is 1.89. The van der Waals surface area contributed by atoms with Crippen LogP contribution in [0.4, 0.5) is 5.69 Å². The molecule has 1 N–H and O–H groups in total. The van der Waals surface area contributed by atoms with Crippen molar-refractivity contribution in [3.8, 4) is 0 Å². The number of anilines is 1. The lowest BCUT2D eigenvalue weighted by molar-refractivity contribution is -0.122. The van der Waals surface area contributed by atoms with Crippen molar-refractivity contribution >= 4 is 21.6 Å². The largest absolute Gasteiger partial charge is 0.347 e. The predicted octanol–water partition coefficient (Wildman–Crippen LogP) is 3.65. The van der Waals surface area contributed by atoms with Crippen molar-refractivity contribution in [3.63, 3.8) is 0 Å². The standard InChI is InChI=1S/C22H28N2O3S/c1-15-12-13-16(2)21(14-15)24(28(4,26)27)17(3)22(25)23-20-11-7-9-18-8-5-6-10-19(18)20/h5-6,8,10,12-14,17,20H,7,9,11H2,1-4H3,(H,23,25)/t17-,20+/m1/s1. The minimum atomic E-state index is -3.63. The molecule has 2 aromatic carbocycles. The van der Waals surface area contributed by atoms with E-state index in [1.165, 1.54) is 9.87 Å². The quantitative estimate of drug-likeness (QED) is 0.833. The highest BCUT2D eigenvalue weighted by atomic mass is 32.2. The summed E-state index contributed by atoms with van der Waals surface area (Å²) in [5.74, 6) is -0.284. The topological polar surface area (TPSA) is 66.5 Å². The van der Waals surface area contributed by atoms with Crippen molar-refractivity contribution < 1.29 is 13.2 Å². The van der Waals surface area contributed by atoms with Gasteiger partial charge in [0.1, 0.15) is 6.04 Å². The lowest BCUT2D eigenvalue weighted by Crippen LogP contribution is -2.49. The van der Waals surface area contributed by atoms with Crippen LogP contribution in [0.5, 0.6) is 0 Å². The Morgan fingerprint density at radius 1 is 1.18 bits per heavy atom. The molecule has 0 fully saturated rings. The Morgan fingerprint density at radius 3 is 2.61 bits per heavy atom. The minimum Gasteiger partial charge on any atom is -0.347 e. The number of carbonyl (C=O) groups excluding carboxylic acids is 1. The van der Waals surface area contributed by atoms with E-state index in [0.717, 1.165) is 42.2 Å². The first kappa shape index (κ1) is 20.4. The van der Waals surface area contributed by atoms with Crippen LogP contribution >= 0.6 is 0 Å². The first-order chi connectivity index (χ1) is 13.2. The van der Waals surface area contributed by atoms with Gasteiger partial charge >= 0.3 is 0 Å². The van der Waals surface area contributed by atoms with Crippen LogP contribution in [-0.4, -0.2) is 26.6 Å². The summed E-state index contributed by atoms with van der Waals surface area (Å²) in [6.45, 7) is 5.41. The van der Waals surface area contributed by atoms with E-state index in [4.69, 9.17) is 0 Å². The highest BCUT2D eigenvalue weighted by Gasteiger charge is 2.32. The lowest BCUT2D eigenvalue weighted by Gasteiger charge is -2.32. The van der Waals surface area contributed by atoms with Gasteiger partial charge in [-0.1, -0.05) is 36.4 Å². The fourth-order valence-electron chi connectivity index (χ4n) is 3.93. The number of sulfonamides is 1. The molecular formula is C22H28N2O3S. The normalized spacial score (nSPS) is 17.5. The van der Waals surface area contributed by atoms with Crippen LogP contribution in [0.25, 0.3) is 0 Å². The van der Waals surface area contributed by atoms with E-state index in [2.05, 4.69) is 11.4 Å². The second kappa shape index (κ2) is 7.95. The molecule has 5 nitrogen and oxygen atoms in total. The summed E-state index contributed by atoms with van der Waals surface area (Å²) in [7, 11) is -3.63. The van der Waals surface area contributed by atoms with Gasteiger partial charge in [0.2, 0.25) is 15.9 Å². The smallest absolute Gasteiger partial charge is 0.244 e. The van der Waals surface area contributed by atoms with Crippen molar-refractivity contribution in [2.24, 2.45) is 0 Å². The first-order valence-electron chi connectivity index (χ1n) is 9.63. The van der Waals surface area contributed by atoms with Gasteiger partial charge in [0.25, 0.3) is 0 Å². The molecule has 0 heterocycles. The van der Waals surface area contributed by atoms with Gasteiger partial charge in [-0.3, -0.25) is 9.10 Å². The monoisotopic (exact) mass is 400 g/mol. The Kier molecular flexibility index (Phi) is 5.79. The molecule has 150 valence electrons. The fraction of sp³-hybridized carbons (Fsp3) is 0.409. The summed E-state index contributed by atoms with van der Waals surface area (Å²) in [5.41, 5.74) is 4.70. The highest BCUT2D eigenvalue weighted by Crippen LogP contribution is 2.30. The molecule has 6 heteroatoms. The highest BCUT2D eigenvalue weighted by molar-refractivity contribution is 7.92.